The largest absolute Gasteiger partial charge is 0.506 e. The van der Waals surface area contributed by atoms with Gasteiger partial charge in [-0.3, -0.25) is 0 Å². The van der Waals surface area contributed by atoms with Gasteiger partial charge in [0.25, 0.3) is 0 Å². The highest BCUT2D eigenvalue weighted by molar-refractivity contribution is 6.32. The van der Waals surface area contributed by atoms with Crippen molar-refractivity contribution in [2.75, 3.05) is 0 Å². The Labute approximate surface area is 94.0 Å². The molecule has 1 nitrogen and oxygen atoms in total. The van der Waals surface area contributed by atoms with Gasteiger partial charge in [-0.15, -0.1) is 0 Å². The van der Waals surface area contributed by atoms with Crippen LogP contribution in [0, 0.1) is 6.92 Å². The minimum Gasteiger partial charge on any atom is -0.506 e. The number of phenols is 1. The first-order chi connectivity index (χ1) is 7.16. The summed E-state index contributed by atoms with van der Waals surface area (Å²) in [4.78, 5) is 0. The fourth-order valence-corrected chi connectivity index (χ4v) is 1.63. The highest BCUT2D eigenvalue weighted by Gasteiger charge is 2.02. The molecule has 0 fully saturated rings. The second-order valence-electron chi connectivity index (χ2n) is 3.54. The zero-order valence-electron chi connectivity index (χ0n) is 8.37. The average Bonchev–Trinajstić information content (AvgIpc) is 2.22. The summed E-state index contributed by atoms with van der Waals surface area (Å²) in [6.45, 7) is 2.04. The maximum absolute atomic E-state index is 9.50. The van der Waals surface area contributed by atoms with E-state index in [1.54, 1.807) is 12.1 Å². The van der Waals surface area contributed by atoms with Crippen molar-refractivity contribution in [3.63, 3.8) is 0 Å². The molecule has 0 aromatic heterocycles. The van der Waals surface area contributed by atoms with Gasteiger partial charge in [-0.25, -0.2) is 0 Å². The van der Waals surface area contributed by atoms with Gasteiger partial charge < -0.3 is 5.11 Å². The van der Waals surface area contributed by atoms with Gasteiger partial charge in [0.15, 0.2) is 0 Å². The lowest BCUT2D eigenvalue weighted by Crippen LogP contribution is -1.79. The molecule has 2 heteroatoms. The number of rotatable bonds is 1. The number of phenolic OH excluding ortho intramolecular Hbond substituents is 1. The Morgan fingerprint density at radius 2 is 1.73 bits per heavy atom. The smallest absolute Gasteiger partial charge is 0.134 e. The molecule has 0 bridgehead atoms. The Morgan fingerprint density at radius 3 is 2.40 bits per heavy atom. The Bertz CT molecular complexity index is 492. The van der Waals surface area contributed by atoms with Crippen LogP contribution in [0.25, 0.3) is 11.1 Å². The number of hydrogen-bond donors (Lipinski definition) is 1. The summed E-state index contributed by atoms with van der Waals surface area (Å²) in [5, 5.41) is 9.88. The Morgan fingerprint density at radius 1 is 1.00 bits per heavy atom. The number of benzene rings is 2. The molecule has 0 amide bonds. The standard InChI is InChI=1S/C13H11ClO/c1-9-3-2-4-10(7-9)11-5-6-12(14)13(15)8-11/h2-8,15H,1H3. The van der Waals surface area contributed by atoms with Crippen molar-refractivity contribution in [3.8, 4) is 16.9 Å². The van der Waals surface area contributed by atoms with Gasteiger partial charge in [-0.2, -0.15) is 0 Å². The molecular formula is C13H11ClO. The summed E-state index contributed by atoms with van der Waals surface area (Å²) in [6, 6.07) is 13.4. The number of halogens is 1. The highest BCUT2D eigenvalue weighted by Crippen LogP contribution is 2.29. The zero-order valence-corrected chi connectivity index (χ0v) is 9.12. The van der Waals surface area contributed by atoms with Gasteiger partial charge in [0, 0.05) is 0 Å². The average molecular weight is 219 g/mol. The van der Waals surface area contributed by atoms with Crippen LogP contribution >= 0.6 is 11.6 Å². The lowest BCUT2D eigenvalue weighted by molar-refractivity contribution is 0.476. The van der Waals surface area contributed by atoms with Gasteiger partial charge in [-0.1, -0.05) is 47.5 Å². The SMILES string of the molecule is Cc1cccc(-c2ccc(Cl)c(O)c2)c1. The normalized spacial score (nSPS) is 10.3. The summed E-state index contributed by atoms with van der Waals surface area (Å²) in [5.41, 5.74) is 3.25. The quantitative estimate of drug-likeness (QED) is 0.767. The van der Waals surface area contributed by atoms with Crippen LogP contribution in [-0.4, -0.2) is 5.11 Å². The van der Waals surface area contributed by atoms with Crippen LogP contribution in [0.15, 0.2) is 42.5 Å². The fraction of sp³-hybridized carbons (Fsp3) is 0.0769. The fourth-order valence-electron chi connectivity index (χ4n) is 1.52. The van der Waals surface area contributed by atoms with E-state index in [1.807, 2.05) is 31.2 Å². The molecule has 0 heterocycles. The van der Waals surface area contributed by atoms with Crippen LogP contribution in [0.5, 0.6) is 5.75 Å². The zero-order chi connectivity index (χ0) is 10.8. The number of aromatic hydroxyl groups is 1. The summed E-state index contributed by atoms with van der Waals surface area (Å²) < 4.78 is 0. The monoisotopic (exact) mass is 218 g/mol. The molecule has 0 radical (unpaired) electrons. The minimum atomic E-state index is 0.121. The van der Waals surface area contributed by atoms with Crippen LogP contribution in [0.1, 0.15) is 5.56 Å². The molecule has 0 aliphatic heterocycles. The Kier molecular flexibility index (Phi) is 2.65. The molecule has 0 saturated heterocycles. The first kappa shape index (κ1) is 10.1. The highest BCUT2D eigenvalue weighted by atomic mass is 35.5. The molecule has 0 atom stereocenters. The maximum atomic E-state index is 9.50. The Hall–Kier alpha value is -1.47. The lowest BCUT2D eigenvalue weighted by atomic mass is 10.0. The lowest BCUT2D eigenvalue weighted by Gasteiger charge is -2.04. The van der Waals surface area contributed by atoms with Crippen LogP contribution in [0.3, 0.4) is 0 Å². The molecule has 2 aromatic rings. The summed E-state index contributed by atoms with van der Waals surface area (Å²) in [7, 11) is 0. The molecule has 0 unspecified atom stereocenters. The van der Waals surface area contributed by atoms with E-state index < -0.39 is 0 Å². The van der Waals surface area contributed by atoms with E-state index in [9.17, 15) is 5.11 Å². The molecule has 0 spiro atoms. The topological polar surface area (TPSA) is 20.2 Å². The van der Waals surface area contributed by atoms with E-state index in [-0.39, 0.29) is 5.75 Å². The predicted octanol–water partition coefficient (Wildman–Crippen LogP) is 4.02. The second-order valence-corrected chi connectivity index (χ2v) is 3.94. The van der Waals surface area contributed by atoms with Gasteiger partial charge in [0.1, 0.15) is 5.75 Å². The van der Waals surface area contributed by atoms with Crippen molar-refractivity contribution < 1.29 is 5.11 Å². The molecule has 2 aromatic carbocycles. The van der Waals surface area contributed by atoms with Crippen LogP contribution < -0.4 is 0 Å². The minimum absolute atomic E-state index is 0.121. The molecular weight excluding hydrogens is 208 g/mol. The van der Waals surface area contributed by atoms with Gasteiger partial charge in [0.05, 0.1) is 5.02 Å². The Balaban J connectivity index is 2.50. The van der Waals surface area contributed by atoms with E-state index in [1.165, 1.54) is 5.56 Å². The third-order valence-corrected chi connectivity index (χ3v) is 2.62. The van der Waals surface area contributed by atoms with Crippen molar-refractivity contribution >= 4 is 11.6 Å². The van der Waals surface area contributed by atoms with Crippen molar-refractivity contribution in [2.45, 2.75) is 6.92 Å². The molecule has 0 saturated carbocycles. The van der Waals surface area contributed by atoms with Crippen LogP contribution in [0.2, 0.25) is 5.02 Å². The van der Waals surface area contributed by atoms with Crippen molar-refractivity contribution in [1.82, 2.24) is 0 Å². The third-order valence-electron chi connectivity index (χ3n) is 2.30. The molecule has 2 rings (SSSR count). The van der Waals surface area contributed by atoms with E-state index >= 15 is 0 Å². The van der Waals surface area contributed by atoms with E-state index in [4.69, 9.17) is 11.6 Å². The third kappa shape index (κ3) is 2.13. The predicted molar refractivity (Wildman–Crippen MR) is 63.3 cm³/mol. The van der Waals surface area contributed by atoms with E-state index in [2.05, 4.69) is 6.07 Å². The summed E-state index contributed by atoms with van der Waals surface area (Å²) >= 11 is 5.75. The van der Waals surface area contributed by atoms with Crippen molar-refractivity contribution in [2.24, 2.45) is 0 Å². The van der Waals surface area contributed by atoms with Crippen LogP contribution in [-0.2, 0) is 0 Å². The van der Waals surface area contributed by atoms with Crippen molar-refractivity contribution in [1.29, 1.82) is 0 Å². The molecule has 0 aliphatic rings. The number of aryl methyl sites for hydroxylation is 1. The van der Waals surface area contributed by atoms with Gasteiger partial charge >= 0.3 is 0 Å². The van der Waals surface area contributed by atoms with Gasteiger partial charge in [0.2, 0.25) is 0 Å². The van der Waals surface area contributed by atoms with Crippen molar-refractivity contribution in [3.05, 3.63) is 53.1 Å². The molecule has 1 N–H and O–H groups in total. The number of hydrogen-bond acceptors (Lipinski definition) is 1. The van der Waals surface area contributed by atoms with E-state index in [0.717, 1.165) is 11.1 Å². The first-order valence-electron chi connectivity index (χ1n) is 4.72. The second kappa shape index (κ2) is 3.95. The van der Waals surface area contributed by atoms with Crippen LogP contribution in [0.4, 0.5) is 0 Å². The summed E-state index contributed by atoms with van der Waals surface area (Å²) in [6.07, 6.45) is 0. The summed E-state index contributed by atoms with van der Waals surface area (Å²) in [5.74, 6) is 0.121. The molecule has 0 aliphatic carbocycles. The maximum Gasteiger partial charge on any atom is 0.134 e. The molecule has 15 heavy (non-hydrogen) atoms. The van der Waals surface area contributed by atoms with Gasteiger partial charge in [-0.05, 0) is 30.2 Å². The van der Waals surface area contributed by atoms with E-state index in [0.29, 0.717) is 5.02 Å². The molecule has 76 valence electrons. The first-order valence-corrected chi connectivity index (χ1v) is 5.10.